The average Bonchev–Trinajstić information content (AvgIpc) is 3.05. The molecule has 0 aromatic heterocycles. The number of aryl methyl sites for hydroxylation is 1. The Hall–Kier alpha value is -3.48. The van der Waals surface area contributed by atoms with Crippen LogP contribution in [0.4, 0.5) is 11.4 Å². The fourth-order valence-corrected chi connectivity index (χ4v) is 2.85. The van der Waals surface area contributed by atoms with E-state index in [9.17, 15) is 19.2 Å². The third kappa shape index (κ3) is 4.43. The van der Waals surface area contributed by atoms with Gasteiger partial charge in [-0.05, 0) is 48.4 Å². The second kappa shape index (κ2) is 8.47. The van der Waals surface area contributed by atoms with Crippen molar-refractivity contribution in [3.8, 4) is 0 Å². The van der Waals surface area contributed by atoms with Crippen LogP contribution in [0, 0.1) is 0 Å². The highest BCUT2D eigenvalue weighted by Crippen LogP contribution is 2.23. The number of hydrogen-bond acceptors (Lipinski definition) is 5. The average molecular weight is 380 g/mol. The molecule has 2 aromatic rings. The molecule has 28 heavy (non-hydrogen) atoms. The quantitative estimate of drug-likeness (QED) is 0.614. The summed E-state index contributed by atoms with van der Waals surface area (Å²) < 4.78 is 5.02. The second-order valence-electron chi connectivity index (χ2n) is 6.34. The van der Waals surface area contributed by atoms with Crippen LogP contribution in [0.5, 0.6) is 0 Å². The number of anilines is 2. The summed E-state index contributed by atoms with van der Waals surface area (Å²) in [5.41, 5.74) is 2.42. The number of carbonyl (C=O) groups excluding carboxylic acids is 4. The third-order valence-corrected chi connectivity index (χ3v) is 4.39. The number of hydrogen-bond donors (Lipinski definition) is 1. The van der Waals surface area contributed by atoms with Crippen LogP contribution in [0.15, 0.2) is 48.5 Å². The monoisotopic (exact) mass is 380 g/mol. The van der Waals surface area contributed by atoms with Crippen molar-refractivity contribution in [1.82, 2.24) is 0 Å². The fourth-order valence-electron chi connectivity index (χ4n) is 2.85. The van der Waals surface area contributed by atoms with Gasteiger partial charge in [0.05, 0.1) is 11.3 Å². The van der Waals surface area contributed by atoms with E-state index in [0.717, 1.165) is 16.9 Å². The molecule has 3 rings (SSSR count). The highest BCUT2D eigenvalue weighted by Gasteiger charge is 2.30. The number of carbonyl (C=O) groups is 4. The van der Waals surface area contributed by atoms with Crippen molar-refractivity contribution in [3.63, 3.8) is 0 Å². The molecule has 3 amide bonds. The first kappa shape index (κ1) is 19.3. The van der Waals surface area contributed by atoms with Crippen molar-refractivity contribution < 1.29 is 23.9 Å². The number of rotatable bonds is 6. The third-order valence-electron chi connectivity index (χ3n) is 4.39. The minimum atomic E-state index is -0.665. The largest absolute Gasteiger partial charge is 0.452 e. The van der Waals surface area contributed by atoms with Crippen LogP contribution in [-0.2, 0) is 25.5 Å². The van der Waals surface area contributed by atoms with E-state index in [1.54, 1.807) is 12.1 Å². The molecule has 1 heterocycles. The van der Waals surface area contributed by atoms with Gasteiger partial charge in [-0.3, -0.25) is 19.3 Å². The lowest BCUT2D eigenvalue weighted by Gasteiger charge is -2.14. The molecule has 0 radical (unpaired) electrons. The van der Waals surface area contributed by atoms with Gasteiger partial charge < -0.3 is 10.1 Å². The SMILES string of the molecule is CCc1ccc(NC(=O)COC(=O)c2ccc(N3C(=O)CCC3=O)cc2)cc1. The highest BCUT2D eigenvalue weighted by atomic mass is 16.5. The van der Waals surface area contributed by atoms with Crippen molar-refractivity contribution in [1.29, 1.82) is 0 Å². The maximum Gasteiger partial charge on any atom is 0.338 e. The Morgan fingerprint density at radius 2 is 1.57 bits per heavy atom. The standard InChI is InChI=1S/C21H20N2O5/c1-2-14-3-7-16(8-4-14)22-18(24)13-28-21(27)15-5-9-17(10-6-15)23-19(25)11-12-20(23)26/h3-10H,2,11-13H2,1H3,(H,22,24). The molecule has 1 aliphatic rings. The lowest BCUT2D eigenvalue weighted by Crippen LogP contribution is -2.28. The smallest absolute Gasteiger partial charge is 0.338 e. The van der Waals surface area contributed by atoms with Crippen LogP contribution >= 0.6 is 0 Å². The molecule has 2 aromatic carbocycles. The normalized spacial score (nSPS) is 13.5. The number of esters is 1. The molecule has 0 unspecified atom stereocenters. The number of ether oxygens (including phenoxy) is 1. The van der Waals surface area contributed by atoms with E-state index in [4.69, 9.17) is 4.74 Å². The molecule has 0 atom stereocenters. The van der Waals surface area contributed by atoms with Gasteiger partial charge in [-0.2, -0.15) is 0 Å². The summed E-state index contributed by atoms with van der Waals surface area (Å²) >= 11 is 0. The van der Waals surface area contributed by atoms with Gasteiger partial charge in [-0.25, -0.2) is 4.79 Å². The molecule has 0 spiro atoms. The molecule has 144 valence electrons. The Morgan fingerprint density at radius 3 is 2.14 bits per heavy atom. The van der Waals surface area contributed by atoms with Gasteiger partial charge in [0.2, 0.25) is 11.8 Å². The van der Waals surface area contributed by atoms with Crippen molar-refractivity contribution in [2.45, 2.75) is 26.2 Å². The van der Waals surface area contributed by atoms with Gasteiger partial charge >= 0.3 is 5.97 Å². The first-order valence-electron chi connectivity index (χ1n) is 8.99. The van der Waals surface area contributed by atoms with Crippen LogP contribution in [0.2, 0.25) is 0 Å². The number of benzene rings is 2. The maximum atomic E-state index is 12.1. The van der Waals surface area contributed by atoms with E-state index >= 15 is 0 Å². The molecule has 0 saturated carbocycles. The van der Waals surface area contributed by atoms with Crippen molar-refractivity contribution in [3.05, 3.63) is 59.7 Å². The second-order valence-corrected chi connectivity index (χ2v) is 6.34. The Kier molecular flexibility index (Phi) is 5.84. The summed E-state index contributed by atoms with van der Waals surface area (Å²) in [6.45, 7) is 1.62. The zero-order chi connectivity index (χ0) is 20.1. The van der Waals surface area contributed by atoms with E-state index in [0.29, 0.717) is 11.4 Å². The van der Waals surface area contributed by atoms with Crippen molar-refractivity contribution in [2.75, 3.05) is 16.8 Å². The van der Waals surface area contributed by atoms with Gasteiger partial charge in [0.1, 0.15) is 0 Å². The Bertz CT molecular complexity index is 887. The fraction of sp³-hybridized carbons (Fsp3) is 0.238. The molecule has 0 bridgehead atoms. The summed E-state index contributed by atoms with van der Waals surface area (Å²) in [4.78, 5) is 48.6. The van der Waals surface area contributed by atoms with Crippen LogP contribution < -0.4 is 10.2 Å². The lowest BCUT2D eigenvalue weighted by molar-refractivity contribution is -0.121. The molecule has 1 N–H and O–H groups in total. The molecule has 7 heteroatoms. The molecule has 1 aliphatic heterocycles. The molecule has 7 nitrogen and oxygen atoms in total. The summed E-state index contributed by atoms with van der Waals surface area (Å²) in [6.07, 6.45) is 1.29. The molecular weight excluding hydrogens is 360 g/mol. The number of nitrogens with zero attached hydrogens (tertiary/aromatic N) is 1. The summed E-state index contributed by atoms with van der Waals surface area (Å²) in [7, 11) is 0. The van der Waals surface area contributed by atoms with Crippen LogP contribution in [0.3, 0.4) is 0 Å². The van der Waals surface area contributed by atoms with Crippen molar-refractivity contribution >= 4 is 35.1 Å². The van der Waals surface area contributed by atoms with Crippen molar-refractivity contribution in [2.24, 2.45) is 0 Å². The minimum absolute atomic E-state index is 0.193. The number of amides is 3. The molecule has 1 saturated heterocycles. The van der Waals surface area contributed by atoms with Gasteiger partial charge in [0.25, 0.3) is 5.91 Å². The van der Waals surface area contributed by atoms with E-state index in [-0.39, 0.29) is 30.2 Å². The zero-order valence-corrected chi connectivity index (χ0v) is 15.4. The first-order valence-corrected chi connectivity index (χ1v) is 8.99. The Balaban J connectivity index is 1.53. The lowest BCUT2D eigenvalue weighted by atomic mass is 10.1. The van der Waals surface area contributed by atoms with E-state index in [1.807, 2.05) is 19.1 Å². The Morgan fingerprint density at radius 1 is 0.964 bits per heavy atom. The van der Waals surface area contributed by atoms with Gasteiger partial charge in [-0.1, -0.05) is 19.1 Å². The van der Waals surface area contributed by atoms with E-state index in [2.05, 4.69) is 5.32 Å². The summed E-state index contributed by atoms with van der Waals surface area (Å²) in [5, 5.41) is 2.66. The zero-order valence-electron chi connectivity index (χ0n) is 15.4. The summed E-state index contributed by atoms with van der Waals surface area (Å²) in [5.74, 6) is -1.63. The van der Waals surface area contributed by atoms with Crippen LogP contribution in [0.1, 0.15) is 35.7 Å². The summed E-state index contributed by atoms with van der Waals surface area (Å²) in [6, 6.07) is 13.3. The molecular formula is C21H20N2O5. The van der Waals surface area contributed by atoms with Gasteiger partial charge in [0.15, 0.2) is 6.61 Å². The minimum Gasteiger partial charge on any atom is -0.452 e. The predicted octanol–water partition coefficient (Wildman–Crippen LogP) is 2.70. The number of nitrogens with one attached hydrogen (secondary N) is 1. The predicted molar refractivity (Wildman–Crippen MR) is 103 cm³/mol. The van der Waals surface area contributed by atoms with Crippen LogP contribution in [-0.4, -0.2) is 30.3 Å². The van der Waals surface area contributed by atoms with Crippen LogP contribution in [0.25, 0.3) is 0 Å². The molecule has 1 fully saturated rings. The topological polar surface area (TPSA) is 92.8 Å². The Labute approximate surface area is 162 Å². The molecule has 0 aliphatic carbocycles. The van der Waals surface area contributed by atoms with E-state index in [1.165, 1.54) is 24.3 Å². The highest BCUT2D eigenvalue weighted by molar-refractivity contribution is 6.19. The van der Waals surface area contributed by atoms with Gasteiger partial charge in [-0.15, -0.1) is 0 Å². The number of imide groups is 1. The van der Waals surface area contributed by atoms with E-state index < -0.39 is 18.5 Å². The first-order chi connectivity index (χ1) is 13.5. The van der Waals surface area contributed by atoms with Gasteiger partial charge in [0, 0.05) is 18.5 Å². The maximum absolute atomic E-state index is 12.1.